The van der Waals surface area contributed by atoms with Crippen molar-refractivity contribution in [1.29, 1.82) is 0 Å². The Morgan fingerprint density at radius 1 is 1.11 bits per heavy atom. The van der Waals surface area contributed by atoms with E-state index in [1.54, 1.807) is 0 Å². The molecule has 1 aromatic carbocycles. The zero-order valence-corrected chi connectivity index (χ0v) is 13.0. The van der Waals surface area contributed by atoms with Gasteiger partial charge < -0.3 is 4.90 Å². The fourth-order valence-corrected chi connectivity index (χ4v) is 1.44. The molecule has 0 radical (unpaired) electrons. The molecule has 0 fully saturated rings. The molecule has 19 heavy (non-hydrogen) atoms. The first-order valence-corrected chi connectivity index (χ1v) is 6.64. The summed E-state index contributed by atoms with van der Waals surface area (Å²) in [4.78, 5) is 1.93. The fourth-order valence-electron chi connectivity index (χ4n) is 1.44. The van der Waals surface area contributed by atoms with Crippen molar-refractivity contribution >= 4 is 5.57 Å². The van der Waals surface area contributed by atoms with E-state index in [2.05, 4.69) is 50.1 Å². The highest BCUT2D eigenvalue weighted by Crippen LogP contribution is 2.14. The third-order valence-electron chi connectivity index (χ3n) is 2.63. The van der Waals surface area contributed by atoms with Crippen LogP contribution in [-0.4, -0.2) is 19.0 Å². The van der Waals surface area contributed by atoms with Crippen LogP contribution in [0.1, 0.15) is 31.9 Å². The van der Waals surface area contributed by atoms with E-state index in [0.717, 1.165) is 5.70 Å². The molecule has 1 rings (SSSR count). The topological polar surface area (TPSA) is 3.24 Å². The lowest BCUT2D eigenvalue weighted by atomic mass is 10.1. The zero-order chi connectivity index (χ0) is 14.8. The Balaban J connectivity index is 0.00000154. The lowest BCUT2D eigenvalue weighted by Crippen LogP contribution is -2.08. The molecule has 0 aliphatic rings. The molecule has 0 saturated heterocycles. The first kappa shape index (κ1) is 17.1. The van der Waals surface area contributed by atoms with Gasteiger partial charge in [0, 0.05) is 14.1 Å². The average molecular weight is 255 g/mol. The number of rotatable bonds is 3. The molecule has 0 spiro atoms. The van der Waals surface area contributed by atoms with E-state index in [-0.39, 0.29) is 0 Å². The standard InChI is InChI=1S/C16H19N.C2H6/c1-6-16(17(4)5)12-9-14(3)15-10-7-13(2)8-11-15;1-2/h1,7-12H,2-5H3;1-2H3/b14-9+,16-12+;. The number of nitrogens with zero attached hydrogens (tertiary/aromatic N) is 1. The summed E-state index contributed by atoms with van der Waals surface area (Å²) in [7, 11) is 3.89. The minimum Gasteiger partial charge on any atom is -0.371 e. The molecule has 0 heterocycles. The third kappa shape index (κ3) is 5.97. The van der Waals surface area contributed by atoms with Crippen molar-refractivity contribution < 1.29 is 0 Å². The van der Waals surface area contributed by atoms with Gasteiger partial charge in [-0.25, -0.2) is 0 Å². The normalized spacial score (nSPS) is 11.2. The van der Waals surface area contributed by atoms with Gasteiger partial charge in [0.2, 0.25) is 0 Å². The zero-order valence-electron chi connectivity index (χ0n) is 13.0. The summed E-state index contributed by atoms with van der Waals surface area (Å²) >= 11 is 0. The molecule has 0 amide bonds. The Hall–Kier alpha value is -1.94. The molecule has 1 aromatic rings. The molecule has 102 valence electrons. The van der Waals surface area contributed by atoms with Gasteiger partial charge in [0.05, 0.1) is 5.70 Å². The van der Waals surface area contributed by atoms with Gasteiger partial charge in [-0.1, -0.05) is 55.7 Å². The Bertz CT molecular complexity index is 467. The van der Waals surface area contributed by atoms with Gasteiger partial charge in [-0.05, 0) is 31.1 Å². The van der Waals surface area contributed by atoms with Crippen LogP contribution in [0.25, 0.3) is 5.57 Å². The summed E-state index contributed by atoms with van der Waals surface area (Å²) < 4.78 is 0. The second-order valence-electron chi connectivity index (χ2n) is 4.31. The maximum atomic E-state index is 5.43. The average Bonchev–Trinajstić information content (AvgIpc) is 2.42. The van der Waals surface area contributed by atoms with Crippen LogP contribution in [0.4, 0.5) is 0 Å². The SMILES string of the molecule is C#C/C(=C\C=C(/C)c1ccc(C)cc1)N(C)C.CC. The van der Waals surface area contributed by atoms with E-state index in [0.29, 0.717) is 0 Å². The minimum atomic E-state index is 0.872. The molecule has 0 unspecified atom stereocenters. The van der Waals surface area contributed by atoms with Crippen LogP contribution in [0, 0.1) is 19.3 Å². The molecule has 0 aromatic heterocycles. The summed E-state index contributed by atoms with van der Waals surface area (Å²) in [5.74, 6) is 2.66. The number of terminal acetylenes is 1. The minimum absolute atomic E-state index is 0.872. The van der Waals surface area contributed by atoms with Gasteiger partial charge in [-0.15, -0.1) is 6.42 Å². The molecule has 1 nitrogen and oxygen atoms in total. The summed E-state index contributed by atoms with van der Waals surface area (Å²) in [6.07, 6.45) is 9.45. The van der Waals surface area contributed by atoms with Crippen molar-refractivity contribution in [3.8, 4) is 12.3 Å². The number of aryl methyl sites for hydroxylation is 1. The van der Waals surface area contributed by atoms with Gasteiger partial charge in [0.15, 0.2) is 0 Å². The molecule has 0 atom stereocenters. The number of allylic oxidation sites excluding steroid dienone is 4. The second-order valence-corrected chi connectivity index (χ2v) is 4.31. The smallest absolute Gasteiger partial charge is 0.0871 e. The molecule has 0 saturated carbocycles. The van der Waals surface area contributed by atoms with Crippen molar-refractivity contribution in [2.45, 2.75) is 27.7 Å². The van der Waals surface area contributed by atoms with Gasteiger partial charge in [0.25, 0.3) is 0 Å². The van der Waals surface area contributed by atoms with Crippen LogP contribution in [0.2, 0.25) is 0 Å². The number of hydrogen-bond acceptors (Lipinski definition) is 1. The van der Waals surface area contributed by atoms with Crippen molar-refractivity contribution in [1.82, 2.24) is 4.90 Å². The van der Waals surface area contributed by atoms with Crippen molar-refractivity contribution in [3.63, 3.8) is 0 Å². The molecule has 0 aliphatic carbocycles. The Morgan fingerprint density at radius 3 is 2.05 bits per heavy atom. The predicted octanol–water partition coefficient (Wildman–Crippen LogP) is 4.50. The van der Waals surface area contributed by atoms with Crippen LogP contribution in [0.5, 0.6) is 0 Å². The third-order valence-corrected chi connectivity index (χ3v) is 2.63. The maximum Gasteiger partial charge on any atom is 0.0871 e. The monoisotopic (exact) mass is 255 g/mol. The lowest BCUT2D eigenvalue weighted by molar-refractivity contribution is 0.535. The van der Waals surface area contributed by atoms with E-state index in [1.807, 2.05) is 38.9 Å². The predicted molar refractivity (Wildman–Crippen MR) is 86.8 cm³/mol. The molecule has 0 bridgehead atoms. The molecular weight excluding hydrogens is 230 g/mol. The Kier molecular flexibility index (Phi) is 8.13. The second kappa shape index (κ2) is 9.05. The molecule has 1 heteroatoms. The fraction of sp³-hybridized carbons (Fsp3) is 0.333. The highest BCUT2D eigenvalue weighted by Gasteiger charge is 1.95. The molecule has 0 aliphatic heterocycles. The van der Waals surface area contributed by atoms with Crippen LogP contribution >= 0.6 is 0 Å². The van der Waals surface area contributed by atoms with E-state index in [1.165, 1.54) is 16.7 Å². The maximum absolute atomic E-state index is 5.43. The van der Waals surface area contributed by atoms with E-state index < -0.39 is 0 Å². The number of hydrogen-bond donors (Lipinski definition) is 0. The van der Waals surface area contributed by atoms with Gasteiger partial charge in [0.1, 0.15) is 0 Å². The lowest BCUT2D eigenvalue weighted by Gasteiger charge is -2.10. The summed E-state index contributed by atoms with van der Waals surface area (Å²) in [6.45, 7) is 8.18. The molecular formula is C18H25N. The van der Waals surface area contributed by atoms with Crippen LogP contribution in [0.3, 0.4) is 0 Å². The van der Waals surface area contributed by atoms with Gasteiger partial charge in [-0.3, -0.25) is 0 Å². The van der Waals surface area contributed by atoms with E-state index in [9.17, 15) is 0 Å². The molecule has 0 N–H and O–H groups in total. The first-order valence-electron chi connectivity index (χ1n) is 6.64. The summed E-state index contributed by atoms with van der Waals surface area (Å²) in [5.41, 5.74) is 4.58. The van der Waals surface area contributed by atoms with Crippen LogP contribution < -0.4 is 0 Å². The quantitative estimate of drug-likeness (QED) is 0.567. The summed E-state index contributed by atoms with van der Waals surface area (Å²) in [6, 6.07) is 8.48. The summed E-state index contributed by atoms with van der Waals surface area (Å²) in [5, 5.41) is 0. The van der Waals surface area contributed by atoms with Gasteiger partial charge in [-0.2, -0.15) is 0 Å². The van der Waals surface area contributed by atoms with Crippen molar-refractivity contribution in [3.05, 3.63) is 53.2 Å². The largest absolute Gasteiger partial charge is 0.371 e. The highest BCUT2D eigenvalue weighted by atomic mass is 15.1. The highest BCUT2D eigenvalue weighted by molar-refractivity contribution is 5.65. The van der Waals surface area contributed by atoms with Crippen molar-refractivity contribution in [2.75, 3.05) is 14.1 Å². The van der Waals surface area contributed by atoms with Crippen molar-refractivity contribution in [2.24, 2.45) is 0 Å². The van der Waals surface area contributed by atoms with E-state index >= 15 is 0 Å². The Morgan fingerprint density at radius 2 is 1.63 bits per heavy atom. The van der Waals surface area contributed by atoms with Gasteiger partial charge >= 0.3 is 0 Å². The van der Waals surface area contributed by atoms with Crippen LogP contribution in [0.15, 0.2) is 42.1 Å². The van der Waals surface area contributed by atoms with E-state index in [4.69, 9.17) is 6.42 Å². The number of benzene rings is 1. The first-order chi connectivity index (χ1) is 9.04. The van der Waals surface area contributed by atoms with Crippen LogP contribution in [-0.2, 0) is 0 Å². The Labute approximate surface area is 118 Å².